The van der Waals surface area contributed by atoms with E-state index in [1.807, 2.05) is 12.1 Å². The van der Waals surface area contributed by atoms with E-state index in [0.717, 1.165) is 12.2 Å². The molecular formula is C10H6N4O2. The van der Waals surface area contributed by atoms with Gasteiger partial charge in [-0.3, -0.25) is 0 Å². The third-order valence-corrected chi connectivity index (χ3v) is 1.17. The second-order valence-electron chi connectivity index (χ2n) is 1.97. The summed E-state index contributed by atoms with van der Waals surface area (Å²) in [5, 5.41) is 27.7. The fourth-order valence-corrected chi connectivity index (χ4v) is 0.678. The van der Waals surface area contributed by atoms with Crippen LogP contribution in [0.2, 0.25) is 0 Å². The van der Waals surface area contributed by atoms with Crippen LogP contribution in [0.5, 0.6) is 0 Å². The standard InChI is InChI=1S/C8H4N2.2CHNO/c9-5-7-3-1-2-4-8(7)6-10;2*2-1-3/h1-4H;2*2H. The molecule has 1 aromatic rings. The minimum Gasteiger partial charge on any atom is -0.222 e. The molecule has 0 atom stereocenters. The highest BCUT2D eigenvalue weighted by molar-refractivity contribution is 5.44. The van der Waals surface area contributed by atoms with Crippen molar-refractivity contribution in [2.75, 3.05) is 0 Å². The Balaban J connectivity index is 0. The molecular weight excluding hydrogens is 208 g/mol. The Hall–Kier alpha value is -3.04. The number of nitriles is 2. The van der Waals surface area contributed by atoms with Crippen molar-refractivity contribution in [2.24, 2.45) is 0 Å². The molecule has 0 saturated carbocycles. The van der Waals surface area contributed by atoms with Gasteiger partial charge in [0.05, 0.1) is 11.1 Å². The van der Waals surface area contributed by atoms with E-state index in [4.69, 9.17) is 30.9 Å². The maximum absolute atomic E-state index is 8.45. The molecule has 0 aromatic heterocycles. The molecule has 0 fully saturated rings. The van der Waals surface area contributed by atoms with E-state index >= 15 is 0 Å². The van der Waals surface area contributed by atoms with E-state index in [1.165, 1.54) is 0 Å². The average molecular weight is 214 g/mol. The minimum atomic E-state index is 0.435. The van der Waals surface area contributed by atoms with Gasteiger partial charge in [0, 0.05) is 0 Å². The zero-order valence-electron chi connectivity index (χ0n) is 8.02. The van der Waals surface area contributed by atoms with Crippen molar-refractivity contribution in [1.29, 1.82) is 21.3 Å². The molecule has 0 aliphatic carbocycles. The van der Waals surface area contributed by atoms with Crippen LogP contribution in [0.15, 0.2) is 24.3 Å². The van der Waals surface area contributed by atoms with Crippen LogP contribution in [0.1, 0.15) is 11.1 Å². The summed E-state index contributed by atoms with van der Waals surface area (Å²) in [6, 6.07) is 10.6. The van der Waals surface area contributed by atoms with Gasteiger partial charge in [0.1, 0.15) is 12.1 Å². The van der Waals surface area contributed by atoms with Gasteiger partial charge in [0.25, 0.3) is 0 Å². The fourth-order valence-electron chi connectivity index (χ4n) is 0.678. The van der Waals surface area contributed by atoms with Crippen LogP contribution < -0.4 is 0 Å². The summed E-state index contributed by atoms with van der Waals surface area (Å²) in [5.41, 5.74) is 0.870. The molecule has 0 spiro atoms. The van der Waals surface area contributed by atoms with Crippen LogP contribution in [0.25, 0.3) is 0 Å². The molecule has 2 N–H and O–H groups in total. The smallest absolute Gasteiger partial charge is 0.222 e. The summed E-state index contributed by atoms with van der Waals surface area (Å²) in [5.74, 6) is 0. The van der Waals surface area contributed by atoms with E-state index in [9.17, 15) is 0 Å². The van der Waals surface area contributed by atoms with Crippen LogP contribution in [0.4, 0.5) is 0 Å². The van der Waals surface area contributed by atoms with Gasteiger partial charge in [-0.15, -0.1) is 0 Å². The number of nitrogens with zero attached hydrogens (tertiary/aromatic N) is 2. The predicted octanol–water partition coefficient (Wildman–Crippen LogP) is 1.23. The van der Waals surface area contributed by atoms with Crippen LogP contribution in [-0.4, -0.2) is 12.2 Å². The third kappa shape index (κ3) is 7.60. The highest BCUT2D eigenvalue weighted by Crippen LogP contribution is 2.03. The first-order chi connectivity index (χ1) is 7.71. The molecule has 1 aromatic carbocycles. The van der Waals surface area contributed by atoms with Gasteiger partial charge in [0.15, 0.2) is 0 Å². The van der Waals surface area contributed by atoms with Crippen LogP contribution in [0, 0.1) is 33.5 Å². The fraction of sp³-hybridized carbons (Fsp3) is 0. The van der Waals surface area contributed by atoms with Crippen LogP contribution in [-0.2, 0) is 9.59 Å². The first kappa shape index (κ1) is 15.4. The number of nitrogens with one attached hydrogen (secondary N) is 2. The second kappa shape index (κ2) is 12.0. The zero-order chi connectivity index (χ0) is 12.8. The van der Waals surface area contributed by atoms with Crippen LogP contribution in [0.3, 0.4) is 0 Å². The minimum absolute atomic E-state index is 0.435. The number of rotatable bonds is 0. The van der Waals surface area contributed by atoms with Crippen molar-refractivity contribution in [1.82, 2.24) is 0 Å². The lowest BCUT2D eigenvalue weighted by atomic mass is 10.1. The molecule has 0 aliphatic rings. The number of hydrogen-bond donors (Lipinski definition) is 2. The zero-order valence-corrected chi connectivity index (χ0v) is 8.02. The topological polar surface area (TPSA) is 129 Å². The largest absolute Gasteiger partial charge is 0.231 e. The Morgan fingerprint density at radius 3 is 1.31 bits per heavy atom. The Morgan fingerprint density at radius 1 is 0.875 bits per heavy atom. The molecule has 0 unspecified atom stereocenters. The summed E-state index contributed by atoms with van der Waals surface area (Å²) >= 11 is 0. The molecule has 0 saturated heterocycles. The molecule has 0 radical (unpaired) electrons. The number of hydrogen-bond acceptors (Lipinski definition) is 6. The van der Waals surface area contributed by atoms with Gasteiger partial charge in [-0.2, -0.15) is 10.5 Å². The summed E-state index contributed by atoms with van der Waals surface area (Å²) in [7, 11) is 0. The van der Waals surface area contributed by atoms with Crippen molar-refractivity contribution >= 4 is 12.2 Å². The van der Waals surface area contributed by atoms with Crippen molar-refractivity contribution in [3.8, 4) is 12.1 Å². The van der Waals surface area contributed by atoms with Crippen molar-refractivity contribution in [2.45, 2.75) is 0 Å². The number of carbonyl (C=O) groups excluding carboxylic acids is 2. The van der Waals surface area contributed by atoms with Gasteiger partial charge in [0.2, 0.25) is 12.2 Å². The maximum atomic E-state index is 8.45. The highest BCUT2D eigenvalue weighted by atomic mass is 16.1. The van der Waals surface area contributed by atoms with Crippen LogP contribution >= 0.6 is 0 Å². The molecule has 6 heteroatoms. The normalized spacial score (nSPS) is 5.88. The number of isocyanates is 2. The molecule has 0 heterocycles. The lowest BCUT2D eigenvalue weighted by Gasteiger charge is -1.88. The summed E-state index contributed by atoms with van der Waals surface area (Å²) in [6.07, 6.45) is 1.50. The van der Waals surface area contributed by atoms with E-state index in [2.05, 4.69) is 0 Å². The molecule has 78 valence electrons. The van der Waals surface area contributed by atoms with E-state index in [-0.39, 0.29) is 0 Å². The summed E-state index contributed by atoms with van der Waals surface area (Å²) < 4.78 is 0. The number of benzene rings is 1. The van der Waals surface area contributed by atoms with Gasteiger partial charge in [-0.25, -0.2) is 20.4 Å². The third-order valence-electron chi connectivity index (χ3n) is 1.17. The van der Waals surface area contributed by atoms with Gasteiger partial charge < -0.3 is 0 Å². The van der Waals surface area contributed by atoms with Crippen molar-refractivity contribution in [3.05, 3.63) is 35.4 Å². The first-order valence-electron chi connectivity index (χ1n) is 3.68. The molecule has 1 rings (SSSR count). The lowest BCUT2D eigenvalue weighted by molar-refractivity contribution is 0.562. The molecule has 0 aliphatic heterocycles. The summed E-state index contributed by atoms with van der Waals surface area (Å²) in [4.78, 5) is 16.7. The predicted molar refractivity (Wildman–Crippen MR) is 52.7 cm³/mol. The molecule has 0 amide bonds. The first-order valence-corrected chi connectivity index (χ1v) is 3.68. The molecule has 6 nitrogen and oxygen atoms in total. The Morgan fingerprint density at radius 2 is 1.12 bits per heavy atom. The Kier molecular flexibility index (Phi) is 11.5. The van der Waals surface area contributed by atoms with Gasteiger partial charge in [-0.05, 0) is 12.1 Å². The van der Waals surface area contributed by atoms with Crippen molar-refractivity contribution < 1.29 is 9.59 Å². The quantitative estimate of drug-likeness (QED) is 0.496. The van der Waals surface area contributed by atoms with Crippen molar-refractivity contribution in [3.63, 3.8) is 0 Å². The van der Waals surface area contributed by atoms with Gasteiger partial charge in [-0.1, -0.05) is 12.1 Å². The Bertz CT molecular complexity index is 425. The Labute approximate surface area is 91.4 Å². The second-order valence-corrected chi connectivity index (χ2v) is 1.97. The highest BCUT2D eigenvalue weighted by Gasteiger charge is 1.95. The average Bonchev–Trinajstić information content (AvgIpc) is 2.31. The molecule has 0 bridgehead atoms. The van der Waals surface area contributed by atoms with Gasteiger partial charge >= 0.3 is 0 Å². The lowest BCUT2D eigenvalue weighted by Crippen LogP contribution is -1.79. The SMILES string of the molecule is N#Cc1ccccc1C#N.N=C=O.N=C=O. The maximum Gasteiger partial charge on any atom is 0.231 e. The van der Waals surface area contributed by atoms with E-state index in [1.54, 1.807) is 24.3 Å². The molecule has 16 heavy (non-hydrogen) atoms. The monoisotopic (exact) mass is 214 g/mol. The summed E-state index contributed by atoms with van der Waals surface area (Å²) in [6.45, 7) is 0. The van der Waals surface area contributed by atoms with E-state index in [0.29, 0.717) is 11.1 Å². The van der Waals surface area contributed by atoms with E-state index < -0.39 is 0 Å².